The van der Waals surface area contributed by atoms with Crippen molar-refractivity contribution in [2.75, 3.05) is 6.54 Å². The number of hydrogen-bond acceptors (Lipinski definition) is 2. The molecule has 0 saturated heterocycles. The molecule has 22 heavy (non-hydrogen) atoms. The largest absolute Gasteiger partial charge is 0.356 e. The Kier molecular flexibility index (Phi) is 6.31. The Morgan fingerprint density at radius 2 is 1.95 bits per heavy atom. The van der Waals surface area contributed by atoms with Gasteiger partial charge in [0.2, 0.25) is 5.91 Å². The Hall–Kier alpha value is -1.97. The SMILES string of the molecule is O=C(CCC(=O)c1ccccc1F)NCCC1=CCCCC1. The second kappa shape index (κ2) is 8.47. The van der Waals surface area contributed by atoms with Crippen molar-refractivity contribution in [1.29, 1.82) is 0 Å². The van der Waals surface area contributed by atoms with Gasteiger partial charge in [-0.15, -0.1) is 0 Å². The molecule has 1 aromatic rings. The lowest BCUT2D eigenvalue weighted by Gasteiger charge is -2.12. The van der Waals surface area contributed by atoms with Gasteiger partial charge in [0.1, 0.15) is 5.82 Å². The van der Waals surface area contributed by atoms with E-state index in [1.165, 1.54) is 30.5 Å². The summed E-state index contributed by atoms with van der Waals surface area (Å²) in [5, 5.41) is 2.83. The molecule has 1 amide bonds. The van der Waals surface area contributed by atoms with Gasteiger partial charge in [-0.3, -0.25) is 9.59 Å². The van der Waals surface area contributed by atoms with Crippen molar-refractivity contribution >= 4 is 11.7 Å². The van der Waals surface area contributed by atoms with Gasteiger partial charge >= 0.3 is 0 Å². The molecule has 0 fully saturated rings. The van der Waals surface area contributed by atoms with Crippen molar-refractivity contribution in [2.45, 2.75) is 44.9 Å². The summed E-state index contributed by atoms with van der Waals surface area (Å²) in [5.74, 6) is -1.01. The molecule has 0 saturated carbocycles. The fourth-order valence-electron chi connectivity index (χ4n) is 2.63. The molecule has 1 aliphatic rings. The van der Waals surface area contributed by atoms with Crippen LogP contribution in [0.25, 0.3) is 0 Å². The molecule has 0 aliphatic heterocycles. The number of amides is 1. The molecular formula is C18H22FNO2. The first-order valence-corrected chi connectivity index (χ1v) is 7.89. The number of allylic oxidation sites excluding steroid dienone is 1. The van der Waals surface area contributed by atoms with Crippen LogP contribution in [0.4, 0.5) is 4.39 Å². The first kappa shape index (κ1) is 16.4. The summed E-state index contributed by atoms with van der Waals surface area (Å²) >= 11 is 0. The minimum Gasteiger partial charge on any atom is -0.356 e. The maximum absolute atomic E-state index is 13.4. The number of ketones is 1. The van der Waals surface area contributed by atoms with Gasteiger partial charge in [-0.25, -0.2) is 4.39 Å². The highest BCUT2D eigenvalue weighted by atomic mass is 19.1. The molecule has 118 valence electrons. The van der Waals surface area contributed by atoms with Crippen LogP contribution in [0.1, 0.15) is 55.3 Å². The first-order valence-electron chi connectivity index (χ1n) is 7.89. The topological polar surface area (TPSA) is 46.2 Å². The molecule has 1 N–H and O–H groups in total. The summed E-state index contributed by atoms with van der Waals surface area (Å²) in [5.41, 5.74) is 1.47. The van der Waals surface area contributed by atoms with E-state index in [0.29, 0.717) is 6.54 Å². The van der Waals surface area contributed by atoms with Crippen molar-refractivity contribution in [3.05, 3.63) is 47.3 Å². The van der Waals surface area contributed by atoms with Crippen molar-refractivity contribution < 1.29 is 14.0 Å². The molecule has 0 unspecified atom stereocenters. The van der Waals surface area contributed by atoms with Crippen molar-refractivity contribution in [1.82, 2.24) is 5.32 Å². The number of Topliss-reactive ketones (excluding diaryl/α,β-unsaturated/α-hetero) is 1. The molecule has 0 atom stereocenters. The van der Waals surface area contributed by atoms with E-state index >= 15 is 0 Å². The summed E-state index contributed by atoms with van der Waals surface area (Å²) in [6.45, 7) is 0.610. The van der Waals surface area contributed by atoms with Gasteiger partial charge in [-0.2, -0.15) is 0 Å². The minimum absolute atomic E-state index is 0.0372. The number of halogens is 1. The van der Waals surface area contributed by atoms with Gasteiger partial charge in [-0.05, 0) is 44.2 Å². The molecule has 0 heterocycles. The molecule has 1 aliphatic carbocycles. The first-order chi connectivity index (χ1) is 10.7. The zero-order valence-corrected chi connectivity index (χ0v) is 12.7. The van der Waals surface area contributed by atoms with Gasteiger partial charge in [0, 0.05) is 19.4 Å². The van der Waals surface area contributed by atoms with Gasteiger partial charge in [0.25, 0.3) is 0 Å². The third-order valence-electron chi connectivity index (χ3n) is 3.91. The number of rotatable bonds is 7. The van der Waals surface area contributed by atoms with E-state index in [9.17, 15) is 14.0 Å². The predicted octanol–water partition coefficient (Wildman–Crippen LogP) is 3.80. The van der Waals surface area contributed by atoms with E-state index in [1.807, 2.05) is 0 Å². The lowest BCUT2D eigenvalue weighted by atomic mass is 9.97. The van der Waals surface area contributed by atoms with Crippen LogP contribution in [-0.2, 0) is 4.79 Å². The summed E-state index contributed by atoms with van der Waals surface area (Å²) in [4.78, 5) is 23.6. The fourth-order valence-corrected chi connectivity index (χ4v) is 2.63. The Morgan fingerprint density at radius 3 is 2.68 bits per heavy atom. The number of nitrogens with one attached hydrogen (secondary N) is 1. The van der Waals surface area contributed by atoms with Crippen molar-refractivity contribution in [2.24, 2.45) is 0 Å². The van der Waals surface area contributed by atoms with Crippen LogP contribution in [0.2, 0.25) is 0 Å². The number of hydrogen-bond donors (Lipinski definition) is 1. The minimum atomic E-state index is -0.530. The molecule has 0 bridgehead atoms. The van der Waals surface area contributed by atoms with E-state index in [4.69, 9.17) is 0 Å². The summed E-state index contributed by atoms with van der Waals surface area (Å²) in [7, 11) is 0. The maximum atomic E-state index is 13.4. The number of carbonyl (C=O) groups excluding carboxylic acids is 2. The third kappa shape index (κ3) is 5.10. The molecule has 3 nitrogen and oxygen atoms in total. The Bertz CT molecular complexity index is 566. The highest BCUT2D eigenvalue weighted by Gasteiger charge is 2.13. The molecule has 0 aromatic heterocycles. The Labute approximate surface area is 130 Å². The van der Waals surface area contributed by atoms with Gasteiger partial charge in [0.15, 0.2) is 5.78 Å². The molecular weight excluding hydrogens is 281 g/mol. The molecule has 1 aromatic carbocycles. The van der Waals surface area contributed by atoms with Crippen LogP contribution in [-0.4, -0.2) is 18.2 Å². The molecule has 0 spiro atoms. The second-order valence-electron chi connectivity index (χ2n) is 5.61. The standard InChI is InChI=1S/C18H22FNO2/c19-16-9-5-4-8-15(16)17(21)10-11-18(22)20-13-12-14-6-2-1-3-7-14/h4-6,8-9H,1-3,7,10-13H2,(H,20,22). The quantitative estimate of drug-likeness (QED) is 0.615. The predicted molar refractivity (Wildman–Crippen MR) is 84.1 cm³/mol. The van der Waals surface area contributed by atoms with E-state index in [2.05, 4.69) is 11.4 Å². The van der Waals surface area contributed by atoms with E-state index < -0.39 is 5.82 Å². The summed E-state index contributed by atoms with van der Waals surface area (Å²) in [6.07, 6.45) is 8.04. The highest BCUT2D eigenvalue weighted by molar-refractivity contribution is 5.98. The van der Waals surface area contributed by atoms with E-state index in [-0.39, 0.29) is 30.1 Å². The average molecular weight is 303 g/mol. The summed E-state index contributed by atoms with van der Waals surface area (Å²) in [6, 6.07) is 5.86. The average Bonchev–Trinajstić information content (AvgIpc) is 2.54. The zero-order chi connectivity index (χ0) is 15.8. The normalized spacial score (nSPS) is 14.3. The molecule has 2 rings (SSSR count). The van der Waals surface area contributed by atoms with Crippen LogP contribution in [0.15, 0.2) is 35.9 Å². The fraction of sp³-hybridized carbons (Fsp3) is 0.444. The number of benzene rings is 1. The Morgan fingerprint density at radius 1 is 1.14 bits per heavy atom. The monoisotopic (exact) mass is 303 g/mol. The van der Waals surface area contributed by atoms with Crippen LogP contribution in [0, 0.1) is 5.82 Å². The maximum Gasteiger partial charge on any atom is 0.220 e. The van der Waals surface area contributed by atoms with Crippen LogP contribution < -0.4 is 5.32 Å². The van der Waals surface area contributed by atoms with Crippen molar-refractivity contribution in [3.63, 3.8) is 0 Å². The second-order valence-corrected chi connectivity index (χ2v) is 5.61. The lowest BCUT2D eigenvalue weighted by Crippen LogP contribution is -2.25. The highest BCUT2D eigenvalue weighted by Crippen LogP contribution is 2.19. The van der Waals surface area contributed by atoms with E-state index in [1.54, 1.807) is 12.1 Å². The summed E-state index contributed by atoms with van der Waals surface area (Å²) < 4.78 is 13.4. The molecule has 4 heteroatoms. The van der Waals surface area contributed by atoms with Gasteiger partial charge in [-0.1, -0.05) is 23.8 Å². The Balaban J connectivity index is 1.68. The van der Waals surface area contributed by atoms with Crippen LogP contribution in [0.3, 0.4) is 0 Å². The van der Waals surface area contributed by atoms with Crippen LogP contribution >= 0.6 is 0 Å². The van der Waals surface area contributed by atoms with Gasteiger partial charge in [0.05, 0.1) is 5.56 Å². The van der Waals surface area contributed by atoms with Crippen LogP contribution in [0.5, 0.6) is 0 Å². The lowest BCUT2D eigenvalue weighted by molar-refractivity contribution is -0.121. The van der Waals surface area contributed by atoms with E-state index in [0.717, 1.165) is 19.3 Å². The third-order valence-corrected chi connectivity index (χ3v) is 3.91. The zero-order valence-electron chi connectivity index (χ0n) is 12.7. The molecule has 0 radical (unpaired) electrons. The van der Waals surface area contributed by atoms with Gasteiger partial charge < -0.3 is 5.32 Å². The van der Waals surface area contributed by atoms with Crippen molar-refractivity contribution in [3.8, 4) is 0 Å². The number of carbonyl (C=O) groups is 2. The smallest absolute Gasteiger partial charge is 0.220 e.